The summed E-state index contributed by atoms with van der Waals surface area (Å²) in [6.45, 7) is 4.77. The zero-order chi connectivity index (χ0) is 22.5. The molecule has 3 aromatic rings. The SMILES string of the molecule is CNC(=O)c1ccc([C@H](C)CNc2cc(-c3ccc(C)nc3)ncn2)c(OC2CCC2)c1.S. The topological polar surface area (TPSA) is 89.0 Å². The van der Waals surface area contributed by atoms with Gasteiger partial charge in [0.05, 0.1) is 11.8 Å². The van der Waals surface area contributed by atoms with Crippen LogP contribution in [0.2, 0.25) is 0 Å². The number of benzene rings is 1. The number of nitrogens with zero attached hydrogens (tertiary/aromatic N) is 3. The van der Waals surface area contributed by atoms with Crippen LogP contribution in [0, 0.1) is 6.92 Å². The van der Waals surface area contributed by atoms with E-state index in [4.69, 9.17) is 4.74 Å². The Balaban J connectivity index is 0.00000306. The maximum atomic E-state index is 12.1. The second-order valence-electron chi connectivity index (χ2n) is 8.26. The Hall–Kier alpha value is -3.13. The van der Waals surface area contributed by atoms with Gasteiger partial charge in [-0.15, -0.1) is 0 Å². The minimum atomic E-state index is -0.111. The van der Waals surface area contributed by atoms with Crippen LogP contribution in [0.25, 0.3) is 11.3 Å². The van der Waals surface area contributed by atoms with Gasteiger partial charge < -0.3 is 15.4 Å². The van der Waals surface area contributed by atoms with Gasteiger partial charge in [0, 0.05) is 48.6 Å². The monoisotopic (exact) mass is 465 g/mol. The molecule has 0 bridgehead atoms. The smallest absolute Gasteiger partial charge is 0.251 e. The van der Waals surface area contributed by atoms with E-state index >= 15 is 0 Å². The van der Waals surface area contributed by atoms with Crippen molar-refractivity contribution in [2.24, 2.45) is 0 Å². The predicted molar refractivity (Wildman–Crippen MR) is 135 cm³/mol. The number of carbonyl (C=O) groups excluding carboxylic acids is 1. The summed E-state index contributed by atoms with van der Waals surface area (Å²) in [5.41, 5.74) is 4.44. The molecule has 2 aromatic heterocycles. The van der Waals surface area contributed by atoms with E-state index in [0.717, 1.165) is 46.9 Å². The highest BCUT2D eigenvalue weighted by Crippen LogP contribution is 2.33. The van der Waals surface area contributed by atoms with Crippen LogP contribution in [-0.4, -0.2) is 40.6 Å². The van der Waals surface area contributed by atoms with Crippen LogP contribution in [0.4, 0.5) is 5.82 Å². The first-order valence-corrected chi connectivity index (χ1v) is 11.0. The Bertz CT molecular complexity index is 1090. The van der Waals surface area contributed by atoms with Gasteiger partial charge in [-0.25, -0.2) is 9.97 Å². The standard InChI is InChI=1S/C25H29N5O2.H2S/c1-16(13-28-24-12-22(29-15-30-24)19-8-7-17(2)27-14-19)21-10-9-18(25(31)26-3)11-23(21)32-20-5-4-6-20;/h7-12,14-16,20H,4-6,13H2,1-3H3,(H,26,31)(H,28,29,30);1H2/t16-;/m1./s1. The summed E-state index contributed by atoms with van der Waals surface area (Å²) in [6, 6.07) is 11.6. The van der Waals surface area contributed by atoms with Crippen LogP contribution in [0.1, 0.15) is 53.7 Å². The molecule has 8 heteroatoms. The molecule has 1 atom stereocenters. The highest BCUT2D eigenvalue weighted by atomic mass is 32.1. The fourth-order valence-electron chi connectivity index (χ4n) is 3.60. The van der Waals surface area contributed by atoms with E-state index in [-0.39, 0.29) is 31.4 Å². The first-order chi connectivity index (χ1) is 15.5. The zero-order valence-electron chi connectivity index (χ0n) is 19.3. The Morgan fingerprint density at radius 3 is 2.64 bits per heavy atom. The number of nitrogens with one attached hydrogen (secondary N) is 2. The van der Waals surface area contributed by atoms with Crippen LogP contribution in [0.15, 0.2) is 48.9 Å². The van der Waals surface area contributed by atoms with Crippen molar-refractivity contribution in [1.29, 1.82) is 0 Å². The van der Waals surface area contributed by atoms with Crippen molar-refractivity contribution in [3.05, 3.63) is 65.7 Å². The molecule has 2 N–H and O–H groups in total. The molecule has 1 saturated carbocycles. The number of carbonyl (C=O) groups is 1. The molecular weight excluding hydrogens is 434 g/mol. The fourth-order valence-corrected chi connectivity index (χ4v) is 3.60. The summed E-state index contributed by atoms with van der Waals surface area (Å²) in [4.78, 5) is 25.2. The quantitative estimate of drug-likeness (QED) is 0.510. The average molecular weight is 466 g/mol. The third-order valence-electron chi connectivity index (χ3n) is 5.84. The van der Waals surface area contributed by atoms with Crippen LogP contribution in [0.3, 0.4) is 0 Å². The number of aromatic nitrogens is 3. The van der Waals surface area contributed by atoms with Crippen molar-refractivity contribution >= 4 is 25.2 Å². The van der Waals surface area contributed by atoms with Crippen molar-refractivity contribution in [3.8, 4) is 17.0 Å². The summed E-state index contributed by atoms with van der Waals surface area (Å²) >= 11 is 0. The molecule has 174 valence electrons. The summed E-state index contributed by atoms with van der Waals surface area (Å²) < 4.78 is 6.24. The summed E-state index contributed by atoms with van der Waals surface area (Å²) in [5, 5.41) is 6.10. The van der Waals surface area contributed by atoms with Gasteiger partial charge >= 0.3 is 0 Å². The lowest BCUT2D eigenvalue weighted by molar-refractivity contribution is 0.0959. The van der Waals surface area contributed by atoms with Crippen LogP contribution in [0.5, 0.6) is 5.75 Å². The molecule has 0 radical (unpaired) electrons. The second-order valence-corrected chi connectivity index (χ2v) is 8.26. The van der Waals surface area contributed by atoms with E-state index in [2.05, 4.69) is 32.5 Å². The molecule has 1 aliphatic carbocycles. The normalized spacial score (nSPS) is 13.9. The maximum Gasteiger partial charge on any atom is 0.251 e. The molecule has 7 nitrogen and oxygen atoms in total. The van der Waals surface area contributed by atoms with E-state index in [0.29, 0.717) is 12.1 Å². The minimum Gasteiger partial charge on any atom is -0.490 e. The molecular formula is C25H31N5O2S. The van der Waals surface area contributed by atoms with Crippen LogP contribution < -0.4 is 15.4 Å². The van der Waals surface area contributed by atoms with E-state index in [9.17, 15) is 4.79 Å². The van der Waals surface area contributed by atoms with Gasteiger partial charge in [-0.2, -0.15) is 13.5 Å². The van der Waals surface area contributed by atoms with Crippen molar-refractivity contribution < 1.29 is 9.53 Å². The molecule has 33 heavy (non-hydrogen) atoms. The van der Waals surface area contributed by atoms with Crippen molar-refractivity contribution in [2.45, 2.75) is 45.1 Å². The first-order valence-electron chi connectivity index (χ1n) is 11.0. The third kappa shape index (κ3) is 6.01. The maximum absolute atomic E-state index is 12.1. The Morgan fingerprint density at radius 2 is 1.97 bits per heavy atom. The zero-order valence-corrected chi connectivity index (χ0v) is 20.3. The molecule has 0 saturated heterocycles. The fraction of sp³-hybridized carbons (Fsp3) is 0.360. The summed E-state index contributed by atoms with van der Waals surface area (Å²) in [7, 11) is 1.64. The van der Waals surface area contributed by atoms with Crippen molar-refractivity contribution in [1.82, 2.24) is 20.3 Å². The highest BCUT2D eigenvalue weighted by molar-refractivity contribution is 7.59. The molecule has 1 aromatic carbocycles. The molecule has 1 amide bonds. The van der Waals surface area contributed by atoms with Gasteiger partial charge in [0.2, 0.25) is 0 Å². The lowest BCUT2D eigenvalue weighted by atomic mass is 9.94. The number of aryl methyl sites for hydroxylation is 1. The van der Waals surface area contributed by atoms with Gasteiger partial charge in [-0.05, 0) is 56.0 Å². The molecule has 0 aliphatic heterocycles. The first kappa shape index (κ1) is 24.5. The predicted octanol–water partition coefficient (Wildman–Crippen LogP) is 4.47. The highest BCUT2D eigenvalue weighted by Gasteiger charge is 2.23. The summed E-state index contributed by atoms with van der Waals surface area (Å²) in [5.74, 6) is 1.59. The molecule has 1 aliphatic rings. The lowest BCUT2D eigenvalue weighted by Crippen LogP contribution is -2.26. The number of anilines is 1. The Morgan fingerprint density at radius 1 is 1.15 bits per heavy atom. The van der Waals surface area contributed by atoms with E-state index in [1.807, 2.05) is 49.5 Å². The average Bonchev–Trinajstić information content (AvgIpc) is 2.80. The molecule has 2 heterocycles. The molecule has 1 fully saturated rings. The Kier molecular flexibility index (Phi) is 8.27. The third-order valence-corrected chi connectivity index (χ3v) is 5.84. The molecule has 4 rings (SSSR count). The number of rotatable bonds is 8. The number of pyridine rings is 1. The van der Waals surface area contributed by atoms with Gasteiger partial charge in [0.1, 0.15) is 17.9 Å². The lowest BCUT2D eigenvalue weighted by Gasteiger charge is -2.29. The van der Waals surface area contributed by atoms with Crippen LogP contribution in [-0.2, 0) is 0 Å². The summed E-state index contributed by atoms with van der Waals surface area (Å²) in [6.07, 6.45) is 6.94. The van der Waals surface area contributed by atoms with Crippen LogP contribution >= 0.6 is 13.5 Å². The van der Waals surface area contributed by atoms with Gasteiger partial charge in [0.25, 0.3) is 5.91 Å². The largest absolute Gasteiger partial charge is 0.490 e. The van der Waals surface area contributed by atoms with Gasteiger partial charge in [-0.3, -0.25) is 9.78 Å². The number of amides is 1. The number of hydrogen-bond acceptors (Lipinski definition) is 6. The second kappa shape index (κ2) is 11.1. The van der Waals surface area contributed by atoms with Crippen molar-refractivity contribution in [3.63, 3.8) is 0 Å². The molecule has 0 unspecified atom stereocenters. The van der Waals surface area contributed by atoms with Crippen molar-refractivity contribution in [2.75, 3.05) is 18.9 Å². The van der Waals surface area contributed by atoms with Gasteiger partial charge in [-0.1, -0.05) is 13.0 Å². The molecule has 0 spiro atoms. The Labute approximate surface area is 201 Å². The van der Waals surface area contributed by atoms with Gasteiger partial charge in [0.15, 0.2) is 0 Å². The van der Waals surface area contributed by atoms with E-state index in [1.165, 1.54) is 6.42 Å². The minimum absolute atomic E-state index is 0. The number of hydrogen-bond donors (Lipinski definition) is 2. The number of ether oxygens (including phenoxy) is 1. The van der Waals surface area contributed by atoms with E-state index < -0.39 is 0 Å². The van der Waals surface area contributed by atoms with E-state index in [1.54, 1.807) is 13.4 Å².